The lowest BCUT2D eigenvalue weighted by molar-refractivity contribution is -0.150. The Morgan fingerprint density at radius 1 is 1.17 bits per heavy atom. The molecule has 1 aliphatic carbocycles. The second kappa shape index (κ2) is 15.2. The standard InChI is InChI=1S/C11H11N.C9H13F3N4.C8H16/c1-8-4-5-9(2)11(6-8)10(3)7-12;1-3-8-13-4-7(5-14-8)16-15-6(2)9(10,11)12;1-3-7(2)8-5-4-6-8/h4-6H,3H2,1-2H3;4-6,15-16H,3H2,1-2H3;7-8H,3-6H2,1-2H3/t;6-;/m.0./s1. The van der Waals surface area contributed by atoms with Crippen molar-refractivity contribution in [1.82, 2.24) is 15.4 Å². The lowest BCUT2D eigenvalue weighted by atomic mass is 9.76. The van der Waals surface area contributed by atoms with Crippen LogP contribution in [0.15, 0.2) is 37.2 Å². The van der Waals surface area contributed by atoms with Gasteiger partial charge < -0.3 is 5.43 Å². The molecule has 36 heavy (non-hydrogen) atoms. The molecule has 0 amide bonds. The molecule has 2 atom stereocenters. The summed E-state index contributed by atoms with van der Waals surface area (Å²) in [5.74, 6) is 2.75. The number of hydrogen-bond donors (Lipinski definition) is 2. The molecule has 1 unspecified atom stereocenters. The van der Waals surface area contributed by atoms with Gasteiger partial charge in [0.25, 0.3) is 0 Å². The minimum absolute atomic E-state index is 0.397. The summed E-state index contributed by atoms with van der Waals surface area (Å²) in [7, 11) is 0. The molecule has 1 fully saturated rings. The van der Waals surface area contributed by atoms with Crippen LogP contribution in [0.4, 0.5) is 18.9 Å². The Hall–Kier alpha value is -2.92. The number of anilines is 1. The Kier molecular flexibility index (Phi) is 13.2. The molecule has 2 aromatic rings. The van der Waals surface area contributed by atoms with Crippen LogP contribution in [0.5, 0.6) is 0 Å². The average Bonchev–Trinajstić information content (AvgIpc) is 2.82. The van der Waals surface area contributed by atoms with Gasteiger partial charge in [-0.15, -0.1) is 0 Å². The third-order valence-electron chi connectivity index (χ3n) is 6.40. The maximum Gasteiger partial charge on any atom is 0.405 e. The highest BCUT2D eigenvalue weighted by atomic mass is 19.4. The highest BCUT2D eigenvalue weighted by molar-refractivity contribution is 5.76. The number of aryl methyl sites for hydroxylation is 3. The highest BCUT2D eigenvalue weighted by Crippen LogP contribution is 2.34. The summed E-state index contributed by atoms with van der Waals surface area (Å²) in [6, 6.07) is 6.44. The van der Waals surface area contributed by atoms with Gasteiger partial charge in [0.15, 0.2) is 0 Å². The number of hydrazine groups is 1. The maximum absolute atomic E-state index is 12.1. The first kappa shape index (κ1) is 31.1. The summed E-state index contributed by atoms with van der Waals surface area (Å²) in [5.41, 5.74) is 8.68. The molecule has 0 spiro atoms. The molecule has 3 rings (SSSR count). The first-order valence-electron chi connectivity index (χ1n) is 12.5. The van der Waals surface area contributed by atoms with E-state index in [0.717, 1.165) is 35.4 Å². The van der Waals surface area contributed by atoms with Crippen molar-refractivity contribution in [3.8, 4) is 6.07 Å². The first-order chi connectivity index (χ1) is 16.9. The molecule has 1 aromatic carbocycles. The normalized spacial score (nSPS) is 14.6. The van der Waals surface area contributed by atoms with Gasteiger partial charge in [-0.3, -0.25) is 0 Å². The van der Waals surface area contributed by atoms with Crippen LogP contribution in [0, 0.1) is 37.0 Å². The molecule has 0 aliphatic heterocycles. The monoisotopic (exact) mass is 503 g/mol. The van der Waals surface area contributed by atoms with Gasteiger partial charge in [0.05, 0.1) is 29.7 Å². The number of alkyl halides is 3. The molecular formula is C28H40F3N5. The zero-order chi connectivity index (χ0) is 27.3. The lowest BCUT2D eigenvalue weighted by Gasteiger charge is -2.30. The number of benzene rings is 1. The van der Waals surface area contributed by atoms with Crippen molar-refractivity contribution in [3.63, 3.8) is 0 Å². The summed E-state index contributed by atoms with van der Waals surface area (Å²) in [5, 5.41) is 8.65. The smallest absolute Gasteiger partial charge is 0.318 e. The summed E-state index contributed by atoms with van der Waals surface area (Å²) in [6.45, 7) is 15.3. The number of rotatable bonds is 7. The van der Waals surface area contributed by atoms with E-state index < -0.39 is 12.2 Å². The zero-order valence-corrected chi connectivity index (χ0v) is 22.3. The van der Waals surface area contributed by atoms with Gasteiger partial charge in [-0.1, -0.05) is 76.8 Å². The van der Waals surface area contributed by atoms with Crippen molar-refractivity contribution in [3.05, 3.63) is 59.7 Å². The van der Waals surface area contributed by atoms with E-state index in [1.54, 1.807) is 0 Å². The predicted molar refractivity (Wildman–Crippen MR) is 141 cm³/mol. The van der Waals surface area contributed by atoms with Gasteiger partial charge >= 0.3 is 6.18 Å². The number of nitrogens with one attached hydrogen (secondary N) is 2. The van der Waals surface area contributed by atoms with Crippen LogP contribution < -0.4 is 10.9 Å². The zero-order valence-electron chi connectivity index (χ0n) is 22.3. The minimum Gasteiger partial charge on any atom is -0.318 e. The van der Waals surface area contributed by atoms with E-state index in [-0.39, 0.29) is 0 Å². The van der Waals surface area contributed by atoms with Crippen molar-refractivity contribution in [2.75, 3.05) is 5.43 Å². The molecule has 0 radical (unpaired) electrons. The first-order valence-corrected chi connectivity index (χ1v) is 12.5. The number of nitrogens with zero attached hydrogens (tertiary/aromatic N) is 3. The molecule has 8 heteroatoms. The molecular weight excluding hydrogens is 463 g/mol. The van der Waals surface area contributed by atoms with Crippen molar-refractivity contribution >= 4 is 11.3 Å². The number of hydrogen-bond acceptors (Lipinski definition) is 5. The van der Waals surface area contributed by atoms with Crippen LogP contribution in [-0.2, 0) is 6.42 Å². The van der Waals surface area contributed by atoms with Gasteiger partial charge in [-0.25, -0.2) is 15.4 Å². The fourth-order valence-electron chi connectivity index (χ4n) is 3.34. The Balaban J connectivity index is 0.000000285. The van der Waals surface area contributed by atoms with Gasteiger partial charge in [0.1, 0.15) is 11.9 Å². The molecule has 1 saturated carbocycles. The predicted octanol–water partition coefficient (Wildman–Crippen LogP) is 7.58. The fraction of sp³-hybridized carbons (Fsp3) is 0.536. The van der Waals surface area contributed by atoms with Gasteiger partial charge in [-0.05, 0) is 43.7 Å². The van der Waals surface area contributed by atoms with Crippen LogP contribution in [-0.4, -0.2) is 22.2 Å². The molecule has 1 heterocycles. The van der Waals surface area contributed by atoms with Crippen LogP contribution in [0.1, 0.15) is 75.9 Å². The molecule has 1 aliphatic rings. The molecule has 0 bridgehead atoms. The topological polar surface area (TPSA) is 73.6 Å². The van der Waals surface area contributed by atoms with E-state index in [4.69, 9.17) is 5.26 Å². The van der Waals surface area contributed by atoms with Crippen LogP contribution >= 0.6 is 0 Å². The number of nitriles is 1. The Morgan fingerprint density at radius 2 is 1.78 bits per heavy atom. The molecule has 2 N–H and O–H groups in total. The number of allylic oxidation sites excluding steroid dienone is 1. The summed E-state index contributed by atoms with van der Waals surface area (Å²) >= 11 is 0. The quantitative estimate of drug-likeness (QED) is 0.301. The van der Waals surface area contributed by atoms with Crippen molar-refractivity contribution < 1.29 is 13.2 Å². The molecule has 1 aromatic heterocycles. The van der Waals surface area contributed by atoms with Crippen LogP contribution in [0.25, 0.3) is 5.57 Å². The summed E-state index contributed by atoms with van der Waals surface area (Å²) in [6.07, 6.45) is 5.16. The van der Waals surface area contributed by atoms with Crippen LogP contribution in [0.2, 0.25) is 0 Å². The Bertz CT molecular complexity index is 973. The third kappa shape index (κ3) is 10.8. The molecule has 198 valence electrons. The molecule has 5 nitrogen and oxygen atoms in total. The lowest BCUT2D eigenvalue weighted by Crippen LogP contribution is -2.42. The Morgan fingerprint density at radius 3 is 2.19 bits per heavy atom. The van der Waals surface area contributed by atoms with Crippen molar-refractivity contribution in [2.45, 2.75) is 85.9 Å². The van der Waals surface area contributed by atoms with Gasteiger partial charge in [0.2, 0.25) is 0 Å². The van der Waals surface area contributed by atoms with E-state index in [1.807, 2.05) is 39.0 Å². The number of halogens is 3. The average molecular weight is 504 g/mol. The van der Waals surface area contributed by atoms with E-state index in [2.05, 4.69) is 47.3 Å². The van der Waals surface area contributed by atoms with Gasteiger partial charge in [-0.2, -0.15) is 18.4 Å². The SMILES string of the molecule is C=C(C#N)c1cc(C)ccc1C.CCC(C)C1CCC1.CCc1ncc(NN[C@@H](C)C(F)(F)F)cn1. The summed E-state index contributed by atoms with van der Waals surface area (Å²) < 4.78 is 36.4. The number of aromatic nitrogens is 2. The van der Waals surface area contributed by atoms with Crippen molar-refractivity contribution in [1.29, 1.82) is 5.26 Å². The fourth-order valence-corrected chi connectivity index (χ4v) is 3.34. The van der Waals surface area contributed by atoms with E-state index in [1.165, 1.54) is 38.1 Å². The molecule has 0 saturated heterocycles. The summed E-state index contributed by atoms with van der Waals surface area (Å²) in [4.78, 5) is 7.88. The van der Waals surface area contributed by atoms with E-state index in [0.29, 0.717) is 23.5 Å². The van der Waals surface area contributed by atoms with Crippen LogP contribution in [0.3, 0.4) is 0 Å². The maximum atomic E-state index is 12.1. The van der Waals surface area contributed by atoms with Gasteiger partial charge in [0, 0.05) is 6.42 Å². The Labute approximate surface area is 214 Å². The van der Waals surface area contributed by atoms with E-state index >= 15 is 0 Å². The largest absolute Gasteiger partial charge is 0.405 e. The third-order valence-corrected chi connectivity index (χ3v) is 6.40. The highest BCUT2D eigenvalue weighted by Gasteiger charge is 2.35. The van der Waals surface area contributed by atoms with Crippen molar-refractivity contribution in [2.24, 2.45) is 11.8 Å². The second-order valence-electron chi connectivity index (χ2n) is 9.26. The second-order valence-corrected chi connectivity index (χ2v) is 9.26. The minimum atomic E-state index is -4.28. The van der Waals surface area contributed by atoms with E-state index in [9.17, 15) is 13.2 Å².